The van der Waals surface area contributed by atoms with Gasteiger partial charge in [-0.2, -0.15) is 0 Å². The van der Waals surface area contributed by atoms with Crippen LogP contribution in [0.4, 0.5) is 0 Å². The van der Waals surface area contributed by atoms with Crippen molar-refractivity contribution in [2.75, 3.05) is 7.11 Å². The summed E-state index contributed by atoms with van der Waals surface area (Å²) in [5, 5.41) is 12.3. The largest absolute Gasteiger partial charge is 0.363 e. The van der Waals surface area contributed by atoms with Crippen LogP contribution >= 0.6 is 43.2 Å². The van der Waals surface area contributed by atoms with Gasteiger partial charge >= 0.3 is 0 Å². The molecule has 2 aromatic heterocycles. The molecule has 0 aliphatic rings. The molecule has 1 unspecified atom stereocenters. The van der Waals surface area contributed by atoms with Gasteiger partial charge < -0.3 is 14.8 Å². The molecule has 1 atom stereocenters. The number of ketones is 1. The number of ether oxygens (including phenoxy) is 1. The molecule has 114 valence electrons. The van der Waals surface area contributed by atoms with Crippen LogP contribution in [-0.2, 0) is 4.74 Å². The molecule has 3 aromatic rings. The summed E-state index contributed by atoms with van der Waals surface area (Å²) in [6, 6.07) is 3.78. The van der Waals surface area contributed by atoms with Crippen LogP contribution in [0.3, 0.4) is 0 Å². The maximum atomic E-state index is 12.6. The van der Waals surface area contributed by atoms with E-state index in [1.165, 1.54) is 18.4 Å². The highest BCUT2D eigenvalue weighted by atomic mass is 79.9. The third-order valence-electron chi connectivity index (χ3n) is 3.14. The molecule has 0 saturated carbocycles. The topological polar surface area (TPSA) is 75.2 Å². The first-order chi connectivity index (χ1) is 10.5. The van der Waals surface area contributed by atoms with Gasteiger partial charge in [0.15, 0.2) is 11.3 Å². The number of aromatic amines is 1. The minimum Gasteiger partial charge on any atom is -0.363 e. The molecule has 1 aromatic carbocycles. The molecule has 5 nitrogen and oxygen atoms in total. The van der Waals surface area contributed by atoms with Crippen LogP contribution in [0.2, 0.25) is 0 Å². The lowest BCUT2D eigenvalue weighted by atomic mass is 10.1. The Balaban J connectivity index is 2.04. The molecule has 0 radical (unpaired) electrons. The van der Waals surface area contributed by atoms with E-state index in [4.69, 9.17) is 4.74 Å². The molecule has 2 N–H and O–H groups in total. The van der Waals surface area contributed by atoms with E-state index in [1.54, 1.807) is 11.6 Å². The predicted octanol–water partition coefficient (Wildman–Crippen LogP) is 4.02. The Morgan fingerprint density at radius 3 is 2.95 bits per heavy atom. The number of halogens is 2. The first-order valence-electron chi connectivity index (χ1n) is 6.18. The number of H-pyrrole nitrogens is 1. The van der Waals surface area contributed by atoms with Gasteiger partial charge in [0, 0.05) is 33.0 Å². The number of hydrogen-bond acceptors (Lipinski definition) is 5. The van der Waals surface area contributed by atoms with Crippen LogP contribution in [0.1, 0.15) is 27.3 Å². The summed E-state index contributed by atoms with van der Waals surface area (Å²) in [5.41, 5.74) is 1.71. The second-order valence-electron chi connectivity index (χ2n) is 4.51. The standard InChI is InChI=1S/C14H10Br2N2O3S/c1-21-14(20)10-5-22-13(18-10)12(19)8-4-17-11-7(8)2-6(15)3-9(11)16/h2-5,14,17,20H,1H3. The molecule has 0 bridgehead atoms. The van der Waals surface area contributed by atoms with Crippen molar-refractivity contribution < 1.29 is 14.6 Å². The zero-order valence-electron chi connectivity index (χ0n) is 11.3. The van der Waals surface area contributed by atoms with Crippen molar-refractivity contribution in [1.82, 2.24) is 9.97 Å². The van der Waals surface area contributed by atoms with Gasteiger partial charge in [0.2, 0.25) is 5.78 Å². The average molecular weight is 446 g/mol. The number of methoxy groups -OCH3 is 1. The lowest BCUT2D eigenvalue weighted by Crippen LogP contribution is -2.03. The van der Waals surface area contributed by atoms with Gasteiger partial charge in [-0.3, -0.25) is 4.79 Å². The fourth-order valence-electron chi connectivity index (χ4n) is 2.08. The lowest BCUT2D eigenvalue weighted by molar-refractivity contribution is -0.0795. The Bertz CT molecular complexity index is 859. The van der Waals surface area contributed by atoms with Crippen LogP contribution in [0.25, 0.3) is 10.9 Å². The molecule has 0 amide bonds. The molecule has 0 fully saturated rings. The fourth-order valence-corrected chi connectivity index (χ4v) is 4.20. The van der Waals surface area contributed by atoms with Gasteiger partial charge in [0.1, 0.15) is 5.69 Å². The molecule has 0 aliphatic heterocycles. The average Bonchev–Trinajstić information content (AvgIpc) is 3.12. The van der Waals surface area contributed by atoms with Crippen molar-refractivity contribution in [2.24, 2.45) is 0 Å². The monoisotopic (exact) mass is 444 g/mol. The zero-order valence-corrected chi connectivity index (χ0v) is 15.3. The number of nitrogens with one attached hydrogen (secondary N) is 1. The molecular formula is C14H10Br2N2O3S. The van der Waals surface area contributed by atoms with Crippen LogP contribution in [0.15, 0.2) is 32.7 Å². The minimum absolute atomic E-state index is 0.198. The minimum atomic E-state index is -1.12. The highest BCUT2D eigenvalue weighted by Gasteiger charge is 2.20. The van der Waals surface area contributed by atoms with Gasteiger partial charge in [-0.05, 0) is 28.1 Å². The van der Waals surface area contributed by atoms with E-state index in [2.05, 4.69) is 41.8 Å². The van der Waals surface area contributed by atoms with Gasteiger partial charge in [-0.25, -0.2) is 4.98 Å². The Morgan fingerprint density at radius 1 is 1.45 bits per heavy atom. The number of benzene rings is 1. The summed E-state index contributed by atoms with van der Waals surface area (Å²) in [6.45, 7) is 0. The summed E-state index contributed by atoms with van der Waals surface area (Å²) in [6.07, 6.45) is 0.543. The molecule has 0 saturated heterocycles. The van der Waals surface area contributed by atoms with Crippen LogP contribution in [0, 0.1) is 0 Å². The number of fused-ring (bicyclic) bond motifs is 1. The molecule has 3 rings (SSSR count). The van der Waals surface area contributed by atoms with E-state index in [0.717, 1.165) is 19.8 Å². The smallest absolute Gasteiger partial charge is 0.223 e. The highest BCUT2D eigenvalue weighted by Crippen LogP contribution is 2.31. The second kappa shape index (κ2) is 6.21. The van der Waals surface area contributed by atoms with E-state index in [9.17, 15) is 9.90 Å². The van der Waals surface area contributed by atoms with E-state index >= 15 is 0 Å². The number of aliphatic hydroxyl groups excluding tert-OH is 1. The first-order valence-corrected chi connectivity index (χ1v) is 8.65. The number of hydrogen-bond donors (Lipinski definition) is 2. The van der Waals surface area contributed by atoms with Crippen molar-refractivity contribution in [3.8, 4) is 0 Å². The van der Waals surface area contributed by atoms with E-state index in [0.29, 0.717) is 16.3 Å². The van der Waals surface area contributed by atoms with Crippen molar-refractivity contribution >= 4 is 59.9 Å². The summed E-state index contributed by atoms with van der Waals surface area (Å²) in [5.74, 6) is -0.198. The normalized spacial score (nSPS) is 12.7. The van der Waals surface area contributed by atoms with E-state index in [-0.39, 0.29) is 5.78 Å². The van der Waals surface area contributed by atoms with E-state index < -0.39 is 6.29 Å². The molecule has 0 spiro atoms. The third-order valence-corrected chi connectivity index (χ3v) is 5.09. The predicted molar refractivity (Wildman–Crippen MR) is 91.2 cm³/mol. The first kappa shape index (κ1) is 15.8. The number of aromatic nitrogens is 2. The molecule has 2 heterocycles. The Labute approximate surface area is 146 Å². The fraction of sp³-hybridized carbons (Fsp3) is 0.143. The van der Waals surface area contributed by atoms with Crippen molar-refractivity contribution in [3.05, 3.63) is 48.9 Å². The molecule has 8 heteroatoms. The molecule has 0 aliphatic carbocycles. The molecule has 22 heavy (non-hydrogen) atoms. The summed E-state index contributed by atoms with van der Waals surface area (Å²) in [7, 11) is 1.38. The Morgan fingerprint density at radius 2 is 2.23 bits per heavy atom. The number of aliphatic hydroxyl groups is 1. The van der Waals surface area contributed by atoms with Crippen molar-refractivity contribution in [2.45, 2.75) is 6.29 Å². The van der Waals surface area contributed by atoms with Crippen molar-refractivity contribution in [3.63, 3.8) is 0 Å². The van der Waals surface area contributed by atoms with Crippen molar-refractivity contribution in [1.29, 1.82) is 0 Å². The SMILES string of the molecule is COC(O)c1csc(C(=O)c2c[nH]c3c(Br)cc(Br)cc23)n1. The number of nitrogens with zero attached hydrogens (tertiary/aromatic N) is 1. The van der Waals surface area contributed by atoms with Gasteiger partial charge in [0.25, 0.3) is 0 Å². The maximum Gasteiger partial charge on any atom is 0.223 e. The maximum absolute atomic E-state index is 12.6. The Kier molecular flexibility index (Phi) is 4.47. The summed E-state index contributed by atoms with van der Waals surface area (Å²) < 4.78 is 6.53. The molecular weight excluding hydrogens is 436 g/mol. The number of thiazole rings is 1. The van der Waals surface area contributed by atoms with Gasteiger partial charge in [0.05, 0.1) is 11.1 Å². The van der Waals surface area contributed by atoms with Crippen LogP contribution < -0.4 is 0 Å². The highest BCUT2D eigenvalue weighted by molar-refractivity contribution is 9.11. The summed E-state index contributed by atoms with van der Waals surface area (Å²) >= 11 is 8.06. The third kappa shape index (κ3) is 2.77. The van der Waals surface area contributed by atoms with Crippen LogP contribution in [0.5, 0.6) is 0 Å². The van der Waals surface area contributed by atoms with E-state index in [1.807, 2.05) is 12.1 Å². The van der Waals surface area contributed by atoms with Gasteiger partial charge in [-0.1, -0.05) is 15.9 Å². The van der Waals surface area contributed by atoms with Crippen LogP contribution in [-0.4, -0.2) is 28.0 Å². The zero-order chi connectivity index (χ0) is 15.9. The lowest BCUT2D eigenvalue weighted by Gasteiger charge is -2.03. The Hall–Kier alpha value is -1.06. The second-order valence-corrected chi connectivity index (χ2v) is 7.14. The quantitative estimate of drug-likeness (QED) is 0.469. The number of rotatable bonds is 4. The number of carbonyl (C=O) groups excluding carboxylic acids is 1. The number of carbonyl (C=O) groups is 1. The summed E-state index contributed by atoms with van der Waals surface area (Å²) in [4.78, 5) is 19.9. The van der Waals surface area contributed by atoms with Gasteiger partial charge in [-0.15, -0.1) is 11.3 Å².